The van der Waals surface area contributed by atoms with Crippen LogP contribution < -0.4 is 4.74 Å². The molecular formula is C14H18O. The van der Waals surface area contributed by atoms with Crippen LogP contribution in [0.3, 0.4) is 0 Å². The molecule has 1 nitrogen and oxygen atoms in total. The van der Waals surface area contributed by atoms with Gasteiger partial charge < -0.3 is 4.74 Å². The van der Waals surface area contributed by atoms with E-state index in [-0.39, 0.29) is 0 Å². The third-order valence-corrected chi connectivity index (χ3v) is 2.36. The fourth-order valence-electron chi connectivity index (χ4n) is 1.21. The van der Waals surface area contributed by atoms with E-state index < -0.39 is 0 Å². The van der Waals surface area contributed by atoms with Crippen LogP contribution in [0, 0.1) is 0 Å². The lowest BCUT2D eigenvalue weighted by molar-refractivity contribution is 0.415. The third-order valence-electron chi connectivity index (χ3n) is 2.36. The van der Waals surface area contributed by atoms with Crippen molar-refractivity contribution in [2.45, 2.75) is 20.3 Å². The van der Waals surface area contributed by atoms with E-state index >= 15 is 0 Å². The second-order valence-electron chi connectivity index (χ2n) is 3.51. The number of allylic oxidation sites excluding steroid dienone is 3. The summed E-state index contributed by atoms with van der Waals surface area (Å²) in [6, 6.07) is 8.06. The summed E-state index contributed by atoms with van der Waals surface area (Å²) in [6.07, 6.45) is 7.46. The molecule has 0 aliphatic rings. The molecule has 0 aromatic heterocycles. The van der Waals surface area contributed by atoms with E-state index in [2.05, 4.69) is 44.2 Å². The van der Waals surface area contributed by atoms with E-state index in [1.165, 1.54) is 11.1 Å². The Morgan fingerprint density at radius 3 is 2.47 bits per heavy atom. The second-order valence-corrected chi connectivity index (χ2v) is 3.51. The van der Waals surface area contributed by atoms with Gasteiger partial charge in [-0.3, -0.25) is 0 Å². The summed E-state index contributed by atoms with van der Waals surface area (Å²) in [5.74, 6) is 0.900. The average Bonchev–Trinajstić information content (AvgIpc) is 2.29. The lowest BCUT2D eigenvalue weighted by Crippen LogP contribution is -1.81. The first kappa shape index (κ1) is 11.6. The summed E-state index contributed by atoms with van der Waals surface area (Å²) in [7, 11) is 1.68. The normalized spacial score (nSPS) is 12.1. The summed E-state index contributed by atoms with van der Waals surface area (Å²) in [5, 5.41) is 0. The van der Waals surface area contributed by atoms with Crippen molar-refractivity contribution in [3.63, 3.8) is 0 Å². The summed E-state index contributed by atoms with van der Waals surface area (Å²) in [6.45, 7) is 4.20. The highest BCUT2D eigenvalue weighted by Crippen LogP contribution is 2.13. The predicted molar refractivity (Wildman–Crippen MR) is 66.1 cm³/mol. The van der Waals surface area contributed by atoms with Crippen LogP contribution in [0.5, 0.6) is 5.75 Å². The zero-order valence-electron chi connectivity index (χ0n) is 9.66. The number of hydrogen-bond acceptors (Lipinski definition) is 1. The van der Waals surface area contributed by atoms with Crippen LogP contribution in [0.25, 0.3) is 6.08 Å². The van der Waals surface area contributed by atoms with Crippen molar-refractivity contribution >= 4 is 6.08 Å². The molecule has 15 heavy (non-hydrogen) atoms. The fraction of sp³-hybridized carbons (Fsp3) is 0.286. The first-order chi connectivity index (χ1) is 7.26. The molecule has 80 valence electrons. The summed E-state index contributed by atoms with van der Waals surface area (Å²) < 4.78 is 5.10. The molecule has 0 saturated carbocycles. The van der Waals surface area contributed by atoms with E-state index in [0.717, 1.165) is 12.2 Å². The molecular weight excluding hydrogens is 184 g/mol. The number of ether oxygens (including phenoxy) is 1. The lowest BCUT2D eigenvalue weighted by Gasteiger charge is -1.99. The number of rotatable bonds is 4. The minimum atomic E-state index is 0.900. The summed E-state index contributed by atoms with van der Waals surface area (Å²) in [4.78, 5) is 0. The van der Waals surface area contributed by atoms with Gasteiger partial charge in [-0.25, -0.2) is 0 Å². The second kappa shape index (κ2) is 6.07. The standard InChI is InChI=1S/C14H18O/c1-4-12(2)6-5-7-13-8-10-14(15-3)11-9-13/h4-5,7-11H,6H2,1-3H3/b7-5+,12-4+. The van der Waals surface area contributed by atoms with Gasteiger partial charge in [0, 0.05) is 0 Å². The van der Waals surface area contributed by atoms with Crippen molar-refractivity contribution in [3.8, 4) is 5.75 Å². The molecule has 0 saturated heterocycles. The predicted octanol–water partition coefficient (Wildman–Crippen LogP) is 4.06. The molecule has 0 radical (unpaired) electrons. The van der Waals surface area contributed by atoms with E-state index in [0.29, 0.717) is 0 Å². The van der Waals surface area contributed by atoms with Gasteiger partial charge in [0.15, 0.2) is 0 Å². The molecule has 0 unspecified atom stereocenters. The summed E-state index contributed by atoms with van der Waals surface area (Å²) in [5.41, 5.74) is 2.60. The monoisotopic (exact) mass is 202 g/mol. The quantitative estimate of drug-likeness (QED) is 0.669. The largest absolute Gasteiger partial charge is 0.497 e. The molecule has 0 aliphatic carbocycles. The summed E-state index contributed by atoms with van der Waals surface area (Å²) >= 11 is 0. The molecule has 0 spiro atoms. The van der Waals surface area contributed by atoms with Crippen molar-refractivity contribution in [2.75, 3.05) is 7.11 Å². The zero-order valence-corrected chi connectivity index (χ0v) is 9.66. The SMILES string of the molecule is C/C=C(\C)C/C=C/c1ccc(OC)cc1. The highest BCUT2D eigenvalue weighted by Gasteiger charge is 1.89. The highest BCUT2D eigenvalue weighted by atomic mass is 16.5. The van der Waals surface area contributed by atoms with Crippen molar-refractivity contribution in [1.82, 2.24) is 0 Å². The van der Waals surface area contributed by atoms with Crippen LogP contribution in [0.1, 0.15) is 25.8 Å². The average molecular weight is 202 g/mol. The van der Waals surface area contributed by atoms with E-state index in [1.807, 2.05) is 12.1 Å². The van der Waals surface area contributed by atoms with Gasteiger partial charge in [-0.15, -0.1) is 0 Å². The molecule has 1 aromatic rings. The van der Waals surface area contributed by atoms with Gasteiger partial charge >= 0.3 is 0 Å². The van der Waals surface area contributed by atoms with Gasteiger partial charge in [-0.1, -0.05) is 35.9 Å². The minimum Gasteiger partial charge on any atom is -0.497 e. The fourth-order valence-corrected chi connectivity index (χ4v) is 1.21. The Morgan fingerprint density at radius 1 is 1.27 bits per heavy atom. The Morgan fingerprint density at radius 2 is 1.93 bits per heavy atom. The molecule has 0 atom stereocenters. The first-order valence-corrected chi connectivity index (χ1v) is 5.18. The van der Waals surface area contributed by atoms with Crippen molar-refractivity contribution in [1.29, 1.82) is 0 Å². The molecule has 1 aromatic carbocycles. The Labute approximate surface area is 92.1 Å². The van der Waals surface area contributed by atoms with Crippen molar-refractivity contribution < 1.29 is 4.74 Å². The maximum atomic E-state index is 5.10. The zero-order chi connectivity index (χ0) is 11.1. The van der Waals surface area contributed by atoms with E-state index in [1.54, 1.807) is 7.11 Å². The van der Waals surface area contributed by atoms with Crippen LogP contribution in [0.15, 0.2) is 42.0 Å². The molecule has 0 heterocycles. The van der Waals surface area contributed by atoms with Crippen LogP contribution in [-0.2, 0) is 0 Å². The maximum absolute atomic E-state index is 5.10. The van der Waals surface area contributed by atoms with E-state index in [9.17, 15) is 0 Å². The van der Waals surface area contributed by atoms with Crippen molar-refractivity contribution in [2.24, 2.45) is 0 Å². The lowest BCUT2D eigenvalue weighted by atomic mass is 10.1. The Kier molecular flexibility index (Phi) is 4.69. The van der Waals surface area contributed by atoms with Crippen LogP contribution >= 0.6 is 0 Å². The molecule has 0 aliphatic heterocycles. The molecule has 0 N–H and O–H groups in total. The third kappa shape index (κ3) is 4.03. The Balaban J connectivity index is 2.57. The van der Waals surface area contributed by atoms with Gasteiger partial charge in [0.1, 0.15) is 5.75 Å². The maximum Gasteiger partial charge on any atom is 0.118 e. The number of benzene rings is 1. The molecule has 0 bridgehead atoms. The van der Waals surface area contributed by atoms with Gasteiger partial charge in [0.2, 0.25) is 0 Å². The molecule has 0 amide bonds. The van der Waals surface area contributed by atoms with Crippen LogP contribution in [0.4, 0.5) is 0 Å². The van der Waals surface area contributed by atoms with Gasteiger partial charge in [0.05, 0.1) is 7.11 Å². The number of methoxy groups -OCH3 is 1. The molecule has 1 rings (SSSR count). The van der Waals surface area contributed by atoms with Gasteiger partial charge in [-0.2, -0.15) is 0 Å². The Hall–Kier alpha value is -1.50. The molecule has 0 fully saturated rings. The highest BCUT2D eigenvalue weighted by molar-refractivity contribution is 5.50. The van der Waals surface area contributed by atoms with Crippen LogP contribution in [0.2, 0.25) is 0 Å². The van der Waals surface area contributed by atoms with Crippen molar-refractivity contribution in [3.05, 3.63) is 47.6 Å². The van der Waals surface area contributed by atoms with Gasteiger partial charge in [-0.05, 0) is 38.0 Å². The van der Waals surface area contributed by atoms with E-state index in [4.69, 9.17) is 4.74 Å². The van der Waals surface area contributed by atoms with Gasteiger partial charge in [0.25, 0.3) is 0 Å². The smallest absolute Gasteiger partial charge is 0.118 e. The first-order valence-electron chi connectivity index (χ1n) is 5.18. The van der Waals surface area contributed by atoms with Crippen LogP contribution in [-0.4, -0.2) is 7.11 Å². The Bertz CT molecular complexity index is 344. The molecule has 1 heteroatoms. The topological polar surface area (TPSA) is 9.23 Å². The minimum absolute atomic E-state index is 0.900. The number of hydrogen-bond donors (Lipinski definition) is 0.